The van der Waals surface area contributed by atoms with Crippen LogP contribution in [0.1, 0.15) is 11.3 Å². The molecule has 0 unspecified atom stereocenters. The minimum absolute atomic E-state index is 0.435. The lowest BCUT2D eigenvalue weighted by atomic mass is 10.1. The van der Waals surface area contributed by atoms with Gasteiger partial charge in [-0.15, -0.1) is 0 Å². The van der Waals surface area contributed by atoms with E-state index in [1.54, 1.807) is 11.6 Å². The minimum atomic E-state index is 0.435. The molecule has 2 aromatic heterocycles. The molecule has 0 aliphatic carbocycles. The molecule has 0 fully saturated rings. The average molecular weight is 310 g/mol. The lowest BCUT2D eigenvalue weighted by Crippen LogP contribution is -2.12. The van der Waals surface area contributed by atoms with Crippen LogP contribution in [0.4, 0.5) is 17.2 Å². The van der Waals surface area contributed by atoms with Gasteiger partial charge in [0.25, 0.3) is 5.78 Å². The number of methoxy groups -OCH3 is 1. The zero-order chi connectivity index (χ0) is 15.8. The maximum absolute atomic E-state index is 5.18. The largest absolute Gasteiger partial charge is 0.378 e. The van der Waals surface area contributed by atoms with Gasteiger partial charge in [-0.1, -0.05) is 6.07 Å². The van der Waals surface area contributed by atoms with Crippen molar-refractivity contribution in [2.45, 2.75) is 13.0 Å². The second kappa shape index (κ2) is 5.51. The first-order valence-corrected chi connectivity index (χ1v) is 7.54. The molecule has 3 aromatic rings. The lowest BCUT2D eigenvalue weighted by Gasteiger charge is -2.14. The number of ether oxygens (including phenoxy) is 1. The summed E-state index contributed by atoms with van der Waals surface area (Å²) in [4.78, 5) is 10.9. The van der Waals surface area contributed by atoms with Crippen molar-refractivity contribution in [1.29, 1.82) is 0 Å². The van der Waals surface area contributed by atoms with Gasteiger partial charge in [0, 0.05) is 38.1 Å². The topological polar surface area (TPSA) is 67.6 Å². The first kappa shape index (κ1) is 14.0. The number of benzene rings is 1. The van der Waals surface area contributed by atoms with Crippen molar-refractivity contribution in [3.8, 4) is 0 Å². The second-order valence-electron chi connectivity index (χ2n) is 5.68. The van der Waals surface area contributed by atoms with Crippen molar-refractivity contribution >= 4 is 23.0 Å². The Morgan fingerprint density at radius 1 is 1.30 bits per heavy atom. The van der Waals surface area contributed by atoms with Gasteiger partial charge in [-0.2, -0.15) is 14.6 Å². The van der Waals surface area contributed by atoms with Crippen LogP contribution >= 0.6 is 0 Å². The Morgan fingerprint density at radius 3 is 3.09 bits per heavy atom. The molecule has 7 heteroatoms. The van der Waals surface area contributed by atoms with E-state index in [2.05, 4.69) is 50.5 Å². The standard InChI is InChI=1S/C16H18N6O/c1-21-6-5-11-3-4-12(7-14(11)21)19-15-8-13(9-23-2)20-16-17-10-18-22(15)16/h3-4,7-8,10,19H,5-6,9H2,1-2H3. The number of fused-ring (bicyclic) bond motifs is 2. The van der Waals surface area contributed by atoms with E-state index in [1.807, 2.05) is 6.07 Å². The van der Waals surface area contributed by atoms with Crippen LogP contribution in [0, 0.1) is 0 Å². The Labute approximate surface area is 133 Å². The molecule has 0 saturated heterocycles. The molecule has 1 aliphatic heterocycles. The number of nitrogens with one attached hydrogen (secondary N) is 1. The molecule has 0 radical (unpaired) electrons. The van der Waals surface area contributed by atoms with Gasteiger partial charge in [-0.25, -0.2) is 4.98 Å². The Morgan fingerprint density at radius 2 is 2.22 bits per heavy atom. The predicted molar refractivity (Wildman–Crippen MR) is 88.2 cm³/mol. The second-order valence-corrected chi connectivity index (χ2v) is 5.68. The third kappa shape index (κ3) is 2.49. The van der Waals surface area contributed by atoms with E-state index >= 15 is 0 Å². The molecule has 3 heterocycles. The van der Waals surface area contributed by atoms with Crippen molar-refractivity contribution in [2.24, 2.45) is 0 Å². The zero-order valence-electron chi connectivity index (χ0n) is 13.2. The van der Waals surface area contributed by atoms with E-state index in [0.717, 1.165) is 30.2 Å². The summed E-state index contributed by atoms with van der Waals surface area (Å²) in [6, 6.07) is 8.37. The van der Waals surface area contributed by atoms with Gasteiger partial charge >= 0.3 is 0 Å². The normalized spacial score (nSPS) is 13.6. The number of likely N-dealkylation sites (N-methyl/N-ethyl adjacent to an activating group) is 1. The fourth-order valence-electron chi connectivity index (χ4n) is 2.94. The van der Waals surface area contributed by atoms with E-state index in [9.17, 15) is 0 Å². The molecule has 0 amide bonds. The van der Waals surface area contributed by atoms with Crippen molar-refractivity contribution < 1.29 is 4.74 Å². The molecule has 7 nitrogen and oxygen atoms in total. The number of aromatic nitrogens is 4. The predicted octanol–water partition coefficient (Wildman–Crippen LogP) is 2.01. The number of nitrogens with zero attached hydrogens (tertiary/aromatic N) is 5. The molecule has 0 bridgehead atoms. The van der Waals surface area contributed by atoms with Gasteiger partial charge in [0.1, 0.15) is 12.1 Å². The summed E-state index contributed by atoms with van der Waals surface area (Å²) in [6.07, 6.45) is 2.60. The highest BCUT2D eigenvalue weighted by molar-refractivity contribution is 5.68. The number of rotatable bonds is 4. The molecule has 118 valence electrons. The summed E-state index contributed by atoms with van der Waals surface area (Å²) in [6.45, 7) is 1.50. The highest BCUT2D eigenvalue weighted by Crippen LogP contribution is 2.30. The highest BCUT2D eigenvalue weighted by atomic mass is 16.5. The Balaban J connectivity index is 1.72. The molecule has 1 aliphatic rings. The number of hydrogen-bond donors (Lipinski definition) is 1. The monoisotopic (exact) mass is 310 g/mol. The Bertz CT molecular complexity index is 859. The smallest absolute Gasteiger partial charge is 0.254 e. The molecular weight excluding hydrogens is 292 g/mol. The zero-order valence-corrected chi connectivity index (χ0v) is 13.2. The van der Waals surface area contributed by atoms with E-state index in [-0.39, 0.29) is 0 Å². The summed E-state index contributed by atoms with van der Waals surface area (Å²) >= 11 is 0. The van der Waals surface area contributed by atoms with Gasteiger partial charge in [0.2, 0.25) is 0 Å². The molecule has 4 rings (SSSR count). The van der Waals surface area contributed by atoms with E-state index in [0.29, 0.717) is 12.4 Å². The van der Waals surface area contributed by atoms with Crippen molar-refractivity contribution in [3.63, 3.8) is 0 Å². The van der Waals surface area contributed by atoms with Crippen LogP contribution in [0.3, 0.4) is 0 Å². The fourth-order valence-corrected chi connectivity index (χ4v) is 2.94. The van der Waals surface area contributed by atoms with Crippen LogP contribution in [0.25, 0.3) is 5.78 Å². The van der Waals surface area contributed by atoms with E-state index < -0.39 is 0 Å². The van der Waals surface area contributed by atoms with Gasteiger partial charge in [-0.05, 0) is 24.1 Å². The Kier molecular flexibility index (Phi) is 3.34. The van der Waals surface area contributed by atoms with Gasteiger partial charge < -0.3 is 15.0 Å². The molecule has 0 spiro atoms. The van der Waals surface area contributed by atoms with E-state index in [1.165, 1.54) is 17.6 Å². The lowest BCUT2D eigenvalue weighted by molar-refractivity contribution is 0.181. The fraction of sp³-hybridized carbons (Fsp3) is 0.312. The first-order valence-electron chi connectivity index (χ1n) is 7.54. The first-order chi connectivity index (χ1) is 11.2. The summed E-state index contributed by atoms with van der Waals surface area (Å²) in [5.41, 5.74) is 4.49. The van der Waals surface area contributed by atoms with E-state index in [4.69, 9.17) is 4.74 Å². The van der Waals surface area contributed by atoms with Crippen molar-refractivity contribution in [2.75, 3.05) is 30.9 Å². The van der Waals surface area contributed by atoms with Gasteiger partial charge in [-0.3, -0.25) is 0 Å². The molecular formula is C16H18N6O. The number of anilines is 3. The van der Waals surface area contributed by atoms with Crippen LogP contribution in [0.2, 0.25) is 0 Å². The molecule has 23 heavy (non-hydrogen) atoms. The third-order valence-electron chi connectivity index (χ3n) is 4.08. The van der Waals surface area contributed by atoms with Crippen LogP contribution in [0.5, 0.6) is 0 Å². The maximum atomic E-state index is 5.18. The van der Waals surface area contributed by atoms with Crippen LogP contribution < -0.4 is 10.2 Å². The average Bonchev–Trinajstić information content (AvgIpc) is 3.15. The van der Waals surface area contributed by atoms with Gasteiger partial charge in [0.05, 0.1) is 12.3 Å². The quantitative estimate of drug-likeness (QED) is 0.795. The van der Waals surface area contributed by atoms with Crippen molar-refractivity contribution in [1.82, 2.24) is 19.6 Å². The SMILES string of the molecule is COCc1cc(Nc2ccc3c(c2)N(C)CC3)n2ncnc2n1. The molecule has 0 saturated carbocycles. The summed E-state index contributed by atoms with van der Waals surface area (Å²) in [7, 11) is 3.77. The van der Waals surface area contributed by atoms with Crippen molar-refractivity contribution in [3.05, 3.63) is 41.9 Å². The van der Waals surface area contributed by atoms with Crippen LogP contribution in [-0.4, -0.2) is 40.3 Å². The molecule has 0 atom stereocenters. The third-order valence-corrected chi connectivity index (χ3v) is 4.08. The summed E-state index contributed by atoms with van der Waals surface area (Å²) in [5.74, 6) is 1.38. The van der Waals surface area contributed by atoms with Crippen LogP contribution in [0.15, 0.2) is 30.6 Å². The maximum Gasteiger partial charge on any atom is 0.254 e. The molecule has 1 aromatic carbocycles. The van der Waals surface area contributed by atoms with Crippen LogP contribution in [-0.2, 0) is 17.8 Å². The van der Waals surface area contributed by atoms with Gasteiger partial charge in [0.15, 0.2) is 0 Å². The Hall–Kier alpha value is -2.67. The summed E-state index contributed by atoms with van der Waals surface area (Å²) in [5, 5.41) is 7.65. The minimum Gasteiger partial charge on any atom is -0.378 e. The summed E-state index contributed by atoms with van der Waals surface area (Å²) < 4.78 is 6.87. The number of hydrogen-bond acceptors (Lipinski definition) is 6. The molecule has 1 N–H and O–H groups in total. The highest BCUT2D eigenvalue weighted by Gasteiger charge is 2.16.